The zero-order valence-corrected chi connectivity index (χ0v) is 6.55. The van der Waals surface area contributed by atoms with Gasteiger partial charge in [-0.3, -0.25) is 0 Å². The molecule has 0 aliphatic carbocycles. The van der Waals surface area contributed by atoms with Crippen LogP contribution < -0.4 is 0 Å². The number of hydrogen-bond donors (Lipinski definition) is 0. The van der Waals surface area contributed by atoms with E-state index in [9.17, 15) is 0 Å². The molecule has 0 spiro atoms. The van der Waals surface area contributed by atoms with Gasteiger partial charge in [-0.15, -0.1) is 0 Å². The monoisotopic (exact) mass is 232 g/mol. The van der Waals surface area contributed by atoms with Crippen LogP contribution in [0.3, 0.4) is 0 Å². The van der Waals surface area contributed by atoms with E-state index in [4.69, 9.17) is 0 Å². The van der Waals surface area contributed by atoms with E-state index in [0.717, 1.165) is 0 Å². The van der Waals surface area contributed by atoms with Gasteiger partial charge in [0.2, 0.25) is 0 Å². The Hall–Kier alpha value is 1.49. The fourth-order valence-corrected chi connectivity index (χ4v) is 0. The molecule has 34 valence electrons. The van der Waals surface area contributed by atoms with E-state index in [0.29, 0.717) is 0 Å². The van der Waals surface area contributed by atoms with Gasteiger partial charge in [0.25, 0.3) is 0 Å². The SMILES string of the molecule is O.[Ni].[SbH3].[SiH4]. The minimum absolute atomic E-state index is 0. The van der Waals surface area contributed by atoms with E-state index < -0.39 is 0 Å². The van der Waals surface area contributed by atoms with Crippen LogP contribution in [0.25, 0.3) is 0 Å². The van der Waals surface area contributed by atoms with Gasteiger partial charge in [0.1, 0.15) is 0 Å². The van der Waals surface area contributed by atoms with Gasteiger partial charge in [0, 0.05) is 16.5 Å². The molecule has 0 heterocycles. The van der Waals surface area contributed by atoms with E-state index >= 15 is 0 Å². The Morgan fingerprint density at radius 1 is 1.00 bits per heavy atom. The van der Waals surface area contributed by atoms with Gasteiger partial charge in [0.05, 0.1) is 0 Å². The van der Waals surface area contributed by atoms with E-state index in [1.165, 1.54) is 0 Å². The Bertz CT molecular complexity index is 8.00. The third-order valence-electron chi connectivity index (χ3n) is 0. The summed E-state index contributed by atoms with van der Waals surface area (Å²) >= 11 is 0. The Morgan fingerprint density at radius 2 is 1.00 bits per heavy atom. The Morgan fingerprint density at radius 3 is 1.00 bits per heavy atom. The summed E-state index contributed by atoms with van der Waals surface area (Å²) < 4.78 is 0. The van der Waals surface area contributed by atoms with Gasteiger partial charge in [0.15, 0.2) is 0 Å². The normalized spacial score (nSPS) is 0. The molecule has 0 radical (unpaired) electrons. The molecule has 0 aromatic carbocycles. The summed E-state index contributed by atoms with van der Waals surface area (Å²) in [6.07, 6.45) is 0. The predicted molar refractivity (Wildman–Crippen MR) is 24.9 cm³/mol. The molecule has 0 aromatic heterocycles. The second kappa shape index (κ2) is 24.7. The van der Waals surface area contributed by atoms with Crippen molar-refractivity contribution in [2.75, 3.05) is 0 Å². The van der Waals surface area contributed by atoms with Gasteiger partial charge >= 0.3 is 24.4 Å². The molecular formula is H9NiOSbSi. The molecule has 2 N–H and O–H groups in total. The van der Waals surface area contributed by atoms with Crippen molar-refractivity contribution in [3.8, 4) is 0 Å². The van der Waals surface area contributed by atoms with Gasteiger partial charge < -0.3 is 5.48 Å². The van der Waals surface area contributed by atoms with E-state index in [2.05, 4.69) is 0 Å². The summed E-state index contributed by atoms with van der Waals surface area (Å²) in [4.78, 5) is 0. The van der Waals surface area contributed by atoms with Gasteiger partial charge in [-0.05, 0) is 11.0 Å². The van der Waals surface area contributed by atoms with E-state index in [-0.39, 0.29) is 57.4 Å². The third kappa shape index (κ3) is 9.75. The maximum Gasteiger partial charge on any atom is -0.0149 e. The first-order valence-electron chi connectivity index (χ1n) is 0. The fourth-order valence-electron chi connectivity index (χ4n) is 0. The van der Waals surface area contributed by atoms with Crippen LogP contribution in [0.5, 0.6) is 0 Å². The second-order valence-corrected chi connectivity index (χ2v) is 0. The minimum atomic E-state index is 0. The van der Waals surface area contributed by atoms with Gasteiger partial charge in [-0.1, -0.05) is 0 Å². The molecule has 0 aliphatic heterocycles. The van der Waals surface area contributed by atoms with Crippen molar-refractivity contribution < 1.29 is 22.0 Å². The molecule has 0 amide bonds. The summed E-state index contributed by atoms with van der Waals surface area (Å²) in [5, 5.41) is 0. The third-order valence-corrected chi connectivity index (χ3v) is 0. The van der Waals surface area contributed by atoms with Gasteiger partial charge in [-0.25, -0.2) is 0 Å². The molecule has 0 fully saturated rings. The van der Waals surface area contributed by atoms with Crippen molar-refractivity contribution in [2.45, 2.75) is 0 Å². The summed E-state index contributed by atoms with van der Waals surface area (Å²) in [6, 6.07) is 0. The molecule has 4 heteroatoms. The van der Waals surface area contributed by atoms with Gasteiger partial charge in [-0.2, -0.15) is 0 Å². The van der Waals surface area contributed by atoms with Crippen molar-refractivity contribution in [1.29, 1.82) is 0 Å². The molecule has 4 heavy (non-hydrogen) atoms. The fraction of sp³-hybridized carbons (Fsp3) is 0. The van der Waals surface area contributed by atoms with Crippen molar-refractivity contribution in [1.82, 2.24) is 0 Å². The first-order chi connectivity index (χ1) is 0. The maximum atomic E-state index is 0. The smallest absolute Gasteiger partial charge is 0.0149 e. The molecule has 0 aromatic rings. The van der Waals surface area contributed by atoms with Crippen LogP contribution >= 0.6 is 0 Å². The van der Waals surface area contributed by atoms with Crippen LogP contribution in [-0.4, -0.2) is 40.9 Å². The molecule has 0 aliphatic rings. The first kappa shape index (κ1) is 49.9. The Labute approximate surface area is 57.2 Å². The van der Waals surface area contributed by atoms with E-state index in [1.54, 1.807) is 0 Å². The van der Waals surface area contributed by atoms with Crippen molar-refractivity contribution in [2.24, 2.45) is 0 Å². The molecule has 0 saturated heterocycles. The molecule has 0 rings (SSSR count). The largest absolute Gasteiger partial charge is 0.0149 e. The standard InChI is InChI=1S/Ni.H2O.Sb.H4Si.3H/h;1H2;;1H4;;;. The summed E-state index contributed by atoms with van der Waals surface area (Å²) in [5.74, 6) is 0. The summed E-state index contributed by atoms with van der Waals surface area (Å²) in [5.41, 5.74) is 0. The van der Waals surface area contributed by atoms with Crippen LogP contribution in [0.2, 0.25) is 0 Å². The first-order valence-corrected chi connectivity index (χ1v) is 0. The average molecular weight is 234 g/mol. The Balaban J connectivity index is 0. The predicted octanol–water partition coefficient (Wildman–Crippen LogP) is -3.46. The second-order valence-electron chi connectivity index (χ2n) is 0. The molecule has 1 nitrogen and oxygen atoms in total. The molecule has 0 saturated carbocycles. The summed E-state index contributed by atoms with van der Waals surface area (Å²) in [7, 11) is 0. The molecule has 0 atom stereocenters. The molecule has 0 bridgehead atoms. The maximum absolute atomic E-state index is 0. The molecular weight excluding hydrogens is 225 g/mol. The minimum Gasteiger partial charge on any atom is -0.0149 e. The summed E-state index contributed by atoms with van der Waals surface area (Å²) in [6.45, 7) is 0. The quantitative estimate of drug-likeness (QED) is 0.390. The van der Waals surface area contributed by atoms with Crippen molar-refractivity contribution >= 4 is 35.4 Å². The van der Waals surface area contributed by atoms with E-state index in [1.807, 2.05) is 0 Å². The Kier molecular flexibility index (Phi) is 308. The van der Waals surface area contributed by atoms with Crippen molar-refractivity contribution in [3.63, 3.8) is 0 Å². The molecule has 0 unspecified atom stereocenters. The topological polar surface area (TPSA) is 31.5 Å². The van der Waals surface area contributed by atoms with Crippen LogP contribution in [0.4, 0.5) is 0 Å². The number of hydrogen-bond acceptors (Lipinski definition) is 0. The average Bonchev–Trinajstić information content (AvgIpc) is 0. The number of rotatable bonds is 0. The van der Waals surface area contributed by atoms with Crippen LogP contribution in [0, 0.1) is 0 Å². The van der Waals surface area contributed by atoms with Crippen LogP contribution in [-0.2, 0) is 16.5 Å². The van der Waals surface area contributed by atoms with Crippen molar-refractivity contribution in [3.05, 3.63) is 0 Å². The zero-order valence-electron chi connectivity index (χ0n) is 1.52. The zero-order chi connectivity index (χ0) is 0. The van der Waals surface area contributed by atoms with Crippen LogP contribution in [0.15, 0.2) is 0 Å². The van der Waals surface area contributed by atoms with Crippen LogP contribution in [0.1, 0.15) is 0 Å².